The van der Waals surface area contributed by atoms with Crippen LogP contribution in [-0.4, -0.2) is 48.1 Å². The van der Waals surface area contributed by atoms with E-state index in [0.717, 1.165) is 5.56 Å². The number of anilines is 1. The highest BCUT2D eigenvalue weighted by Crippen LogP contribution is 2.24. The average molecular weight is 465 g/mol. The molecule has 2 amide bonds. The second-order valence-electron chi connectivity index (χ2n) is 6.97. The molecule has 1 N–H and O–H groups in total. The molecule has 0 radical (unpaired) electrons. The molecule has 0 aromatic heterocycles. The summed E-state index contributed by atoms with van der Waals surface area (Å²) in [7, 11) is 0. The Bertz CT molecular complexity index is 1040. The number of hydrogen-bond donors (Lipinski definition) is 1. The number of rotatable bonds is 11. The van der Waals surface area contributed by atoms with E-state index in [9.17, 15) is 14.4 Å². The van der Waals surface area contributed by atoms with E-state index in [2.05, 4.69) is 5.32 Å². The monoisotopic (exact) mass is 464 g/mol. The molecule has 0 aliphatic heterocycles. The molecule has 8 nitrogen and oxygen atoms in total. The first-order valence-electron chi connectivity index (χ1n) is 10.2. The second-order valence-corrected chi connectivity index (χ2v) is 7.99. The second kappa shape index (κ2) is 13.6. The fourth-order valence-corrected chi connectivity index (χ4v) is 3.61. The van der Waals surface area contributed by atoms with E-state index in [0.29, 0.717) is 10.6 Å². The third-order valence-electron chi connectivity index (χ3n) is 4.47. The SMILES string of the molecule is Cc1ccc(NC(=O)CSc2ccccc2C(=O)OCC(=O)N(CCC#N)CCC#N)cc1. The quantitative estimate of drug-likeness (QED) is 0.398. The smallest absolute Gasteiger partial charge is 0.339 e. The Hall–Kier alpha value is -3.82. The Morgan fingerprint density at radius 1 is 1.00 bits per heavy atom. The summed E-state index contributed by atoms with van der Waals surface area (Å²) in [5.41, 5.74) is 2.03. The lowest BCUT2D eigenvalue weighted by molar-refractivity contribution is -0.134. The number of ether oxygens (including phenoxy) is 1. The van der Waals surface area contributed by atoms with E-state index >= 15 is 0 Å². The maximum Gasteiger partial charge on any atom is 0.339 e. The maximum absolute atomic E-state index is 12.6. The van der Waals surface area contributed by atoms with Crippen molar-refractivity contribution in [2.24, 2.45) is 0 Å². The van der Waals surface area contributed by atoms with Gasteiger partial charge in [-0.15, -0.1) is 11.8 Å². The van der Waals surface area contributed by atoms with Crippen molar-refractivity contribution >= 4 is 35.2 Å². The number of benzene rings is 2. The number of nitrogens with zero attached hydrogens (tertiary/aromatic N) is 3. The van der Waals surface area contributed by atoms with Crippen molar-refractivity contribution in [2.75, 3.05) is 30.8 Å². The number of thioether (sulfide) groups is 1. The fourth-order valence-electron chi connectivity index (χ4n) is 2.77. The van der Waals surface area contributed by atoms with Gasteiger partial charge in [-0.3, -0.25) is 9.59 Å². The molecular weight excluding hydrogens is 440 g/mol. The molecule has 2 aromatic carbocycles. The lowest BCUT2D eigenvalue weighted by atomic mass is 10.2. The molecule has 33 heavy (non-hydrogen) atoms. The van der Waals surface area contributed by atoms with Gasteiger partial charge in [-0.25, -0.2) is 4.79 Å². The Morgan fingerprint density at radius 3 is 2.27 bits per heavy atom. The summed E-state index contributed by atoms with van der Waals surface area (Å²) in [5, 5.41) is 20.3. The van der Waals surface area contributed by atoms with E-state index in [4.69, 9.17) is 15.3 Å². The highest BCUT2D eigenvalue weighted by atomic mass is 32.2. The highest BCUT2D eigenvalue weighted by Gasteiger charge is 2.18. The van der Waals surface area contributed by atoms with E-state index in [1.807, 2.05) is 43.3 Å². The molecule has 0 heterocycles. The summed E-state index contributed by atoms with van der Waals surface area (Å²) in [6.45, 7) is 1.79. The number of carbonyl (C=O) groups is 3. The van der Waals surface area contributed by atoms with Gasteiger partial charge in [-0.05, 0) is 31.2 Å². The standard InChI is InChI=1S/C24H24N4O4S/c1-18-8-10-19(11-9-18)27-22(29)17-33-21-7-3-2-6-20(21)24(31)32-16-23(30)28(14-4-12-25)15-5-13-26/h2-3,6-11H,4-5,14-17H2,1H3,(H,27,29). The number of amides is 2. The minimum absolute atomic E-state index is 0.0905. The molecule has 0 spiro atoms. The molecular formula is C24H24N4O4S. The molecule has 0 fully saturated rings. The number of nitrogens with one attached hydrogen (secondary N) is 1. The minimum atomic E-state index is -0.689. The van der Waals surface area contributed by atoms with Gasteiger partial charge in [0.05, 0.1) is 36.3 Å². The summed E-state index contributed by atoms with van der Waals surface area (Å²) in [6, 6.07) is 18.0. The van der Waals surface area contributed by atoms with Crippen LogP contribution < -0.4 is 5.32 Å². The number of hydrogen-bond acceptors (Lipinski definition) is 7. The van der Waals surface area contributed by atoms with E-state index in [1.165, 1.54) is 16.7 Å². The maximum atomic E-state index is 12.6. The molecule has 0 unspecified atom stereocenters. The van der Waals surface area contributed by atoms with Crippen molar-refractivity contribution in [1.29, 1.82) is 10.5 Å². The first-order chi connectivity index (χ1) is 15.9. The van der Waals surface area contributed by atoms with Gasteiger partial charge in [0.2, 0.25) is 5.91 Å². The molecule has 0 saturated heterocycles. The Morgan fingerprint density at radius 2 is 1.64 bits per heavy atom. The molecule has 2 aromatic rings. The van der Waals surface area contributed by atoms with E-state index in [1.54, 1.807) is 24.3 Å². The van der Waals surface area contributed by atoms with Crippen LogP contribution in [-0.2, 0) is 14.3 Å². The minimum Gasteiger partial charge on any atom is -0.452 e. The number of aryl methyl sites for hydroxylation is 1. The zero-order valence-electron chi connectivity index (χ0n) is 18.2. The Balaban J connectivity index is 1.93. The van der Waals surface area contributed by atoms with Crippen LogP contribution in [0.1, 0.15) is 28.8 Å². The van der Waals surface area contributed by atoms with Crippen LogP contribution in [0.5, 0.6) is 0 Å². The van der Waals surface area contributed by atoms with Crippen LogP contribution in [0.3, 0.4) is 0 Å². The molecule has 0 aliphatic carbocycles. The van der Waals surface area contributed by atoms with Crippen molar-refractivity contribution in [2.45, 2.75) is 24.7 Å². The van der Waals surface area contributed by atoms with Gasteiger partial charge in [0.25, 0.3) is 5.91 Å². The van der Waals surface area contributed by atoms with Gasteiger partial charge < -0.3 is 15.0 Å². The molecule has 0 atom stereocenters. The van der Waals surface area contributed by atoms with Crippen molar-refractivity contribution in [3.8, 4) is 12.1 Å². The molecule has 9 heteroatoms. The van der Waals surface area contributed by atoms with E-state index in [-0.39, 0.29) is 43.2 Å². The Labute approximate surface area is 197 Å². The van der Waals surface area contributed by atoms with Crippen molar-refractivity contribution in [1.82, 2.24) is 4.90 Å². The molecule has 2 rings (SSSR count). The first kappa shape index (κ1) is 25.4. The number of carbonyl (C=O) groups excluding carboxylic acids is 3. The van der Waals surface area contributed by atoms with Crippen LogP contribution in [0.4, 0.5) is 5.69 Å². The van der Waals surface area contributed by atoms with Crippen LogP contribution in [0.25, 0.3) is 0 Å². The number of nitriles is 2. The molecule has 0 saturated carbocycles. The third-order valence-corrected chi connectivity index (χ3v) is 5.54. The summed E-state index contributed by atoms with van der Waals surface area (Å²) < 4.78 is 5.18. The number of esters is 1. The van der Waals surface area contributed by atoms with E-state index < -0.39 is 18.5 Å². The average Bonchev–Trinajstić information content (AvgIpc) is 2.82. The predicted molar refractivity (Wildman–Crippen MR) is 124 cm³/mol. The van der Waals surface area contributed by atoms with Crippen molar-refractivity contribution < 1.29 is 19.1 Å². The lowest BCUT2D eigenvalue weighted by Gasteiger charge is -2.20. The predicted octanol–water partition coefficient (Wildman–Crippen LogP) is 3.54. The van der Waals surface area contributed by atoms with Gasteiger partial charge in [0.1, 0.15) is 0 Å². The van der Waals surface area contributed by atoms with Crippen molar-refractivity contribution in [3.05, 3.63) is 59.7 Å². The van der Waals surface area contributed by atoms with Gasteiger partial charge in [-0.2, -0.15) is 10.5 Å². The topological polar surface area (TPSA) is 123 Å². The Kier molecular flexibility index (Phi) is 10.5. The zero-order valence-corrected chi connectivity index (χ0v) is 19.1. The normalized spacial score (nSPS) is 9.91. The summed E-state index contributed by atoms with van der Waals surface area (Å²) >= 11 is 1.19. The van der Waals surface area contributed by atoms with Crippen LogP contribution >= 0.6 is 11.8 Å². The largest absolute Gasteiger partial charge is 0.452 e. The summed E-state index contributed by atoms with van der Waals surface area (Å²) in [4.78, 5) is 39.1. The fraction of sp³-hybridized carbons (Fsp3) is 0.292. The van der Waals surface area contributed by atoms with Gasteiger partial charge >= 0.3 is 5.97 Å². The lowest BCUT2D eigenvalue weighted by Crippen LogP contribution is -2.36. The third kappa shape index (κ3) is 8.68. The van der Waals surface area contributed by atoms with Crippen LogP contribution in [0, 0.1) is 29.6 Å². The zero-order chi connectivity index (χ0) is 24.1. The highest BCUT2D eigenvalue weighted by molar-refractivity contribution is 8.00. The summed E-state index contributed by atoms with van der Waals surface area (Å²) in [6.07, 6.45) is 0.241. The molecule has 0 aliphatic rings. The first-order valence-corrected chi connectivity index (χ1v) is 11.2. The van der Waals surface area contributed by atoms with Crippen LogP contribution in [0.15, 0.2) is 53.4 Å². The van der Waals surface area contributed by atoms with Gasteiger partial charge in [0.15, 0.2) is 6.61 Å². The van der Waals surface area contributed by atoms with Gasteiger partial charge in [0, 0.05) is 23.7 Å². The van der Waals surface area contributed by atoms with Crippen LogP contribution in [0.2, 0.25) is 0 Å². The molecule has 0 bridgehead atoms. The molecule has 170 valence electrons. The summed E-state index contributed by atoms with van der Waals surface area (Å²) in [5.74, 6) is -1.29. The van der Waals surface area contributed by atoms with Gasteiger partial charge in [-0.1, -0.05) is 29.8 Å². The van der Waals surface area contributed by atoms with Crippen molar-refractivity contribution in [3.63, 3.8) is 0 Å².